The maximum Gasteiger partial charge on any atom is 0.0620 e. The topological polar surface area (TPSA) is 30.6 Å². The maximum atomic E-state index is 2.56. The van der Waals surface area contributed by atoms with Gasteiger partial charge in [-0.15, -0.1) is 0 Å². The van der Waals surface area contributed by atoms with Crippen molar-refractivity contribution >= 4 is 221 Å². The molecular formula is C118H86N8. The van der Waals surface area contributed by atoms with Gasteiger partial charge in [-0.2, -0.15) is 0 Å². The van der Waals surface area contributed by atoms with E-state index in [1.807, 2.05) is 0 Å². The monoisotopic (exact) mass is 1610 g/mol. The van der Waals surface area contributed by atoms with Crippen molar-refractivity contribution in [3.63, 3.8) is 0 Å². The number of aromatic nitrogens is 4. The minimum absolute atomic E-state index is 0.297. The first-order valence-electron chi connectivity index (χ1n) is 44.6. The molecule has 26 aromatic rings. The average Bonchev–Trinajstić information content (AvgIpc) is 1.52. The lowest BCUT2D eigenvalue weighted by atomic mass is 9.87. The summed E-state index contributed by atoms with van der Waals surface area (Å²) in [5.74, 6) is 1.04. The van der Waals surface area contributed by atoms with Gasteiger partial charge < -0.3 is 37.2 Å². The molecule has 0 aliphatic heterocycles. The third-order valence-electron chi connectivity index (χ3n) is 28.1. The number of para-hydroxylation sites is 8. The van der Waals surface area contributed by atoms with Gasteiger partial charge in [-0.25, -0.2) is 0 Å². The van der Waals surface area contributed by atoms with Gasteiger partial charge in [-0.05, 0) is 223 Å². The Morgan fingerprint density at radius 3 is 0.651 bits per heavy atom. The van der Waals surface area contributed by atoms with Crippen molar-refractivity contribution in [1.82, 2.24) is 17.6 Å². The van der Waals surface area contributed by atoms with Gasteiger partial charge in [0.15, 0.2) is 0 Å². The van der Waals surface area contributed by atoms with Crippen LogP contribution in [-0.4, -0.2) is 17.6 Å². The smallest absolute Gasteiger partial charge is 0.0620 e. The Morgan fingerprint density at radius 2 is 0.405 bits per heavy atom. The largest absolute Gasteiger partial charge is 0.310 e. The molecule has 0 aliphatic rings. The van der Waals surface area contributed by atoms with Crippen LogP contribution in [0.2, 0.25) is 0 Å². The summed E-state index contributed by atoms with van der Waals surface area (Å²) in [6.45, 7) is 11.5. The number of aryl methyl sites for hydroxylation is 1. The van der Waals surface area contributed by atoms with Crippen molar-refractivity contribution in [2.75, 3.05) is 19.6 Å². The standard InChI is InChI=1S/C118H86N8/c1-6-75-39-47-83(48-40-75)119(79-23-11-7-12-24-79)87-55-59-91-95-31-19-35-99-103-69-113-104(68-111(103)123(115(95)99)107(91)64-87)101-37-21-33-97-93-61-57-89(66-109(93)125(113)117(97)101)121(81-27-15-9-16-28-81)85-51-43-77(44-52-85)73(4)63-74(5)78-45-53-86(54-46-78)122(82-29-17-10-18-30-82)90-58-62-94-98-34-22-38-102-106-70-112-105(71-114(106)126(118(98)102)110(94)67-90)100-36-20-32-96-92-60-56-88(65-108(92)124(112)116(96)100)120(80-25-13-8-14-26-80)84-49-41-76(42-50-84)72(2)3/h7-62,64-74H,6,63H2,1-5H3. The molecule has 8 heteroatoms. The van der Waals surface area contributed by atoms with E-state index in [1.54, 1.807) is 0 Å². The zero-order chi connectivity index (χ0) is 83.4. The normalized spacial score (nSPS) is 12.9. The summed E-state index contributed by atoms with van der Waals surface area (Å²) >= 11 is 0. The first-order chi connectivity index (χ1) is 62.1. The fraction of sp³-hybridized carbons (Fsp3) is 0.0847. The summed E-state index contributed by atoms with van der Waals surface area (Å²) < 4.78 is 10.2. The van der Waals surface area contributed by atoms with E-state index in [4.69, 9.17) is 0 Å². The van der Waals surface area contributed by atoms with Gasteiger partial charge in [0.25, 0.3) is 0 Å². The molecular weight excluding hydrogens is 1530 g/mol. The van der Waals surface area contributed by atoms with Crippen LogP contribution in [0.25, 0.3) is 152 Å². The second-order valence-corrected chi connectivity index (χ2v) is 35.4. The highest BCUT2D eigenvalue weighted by Crippen LogP contribution is 2.52. The number of nitrogens with zero attached hydrogens (tertiary/aromatic N) is 8. The number of fused-ring (bicyclic) bond motifs is 24. The van der Waals surface area contributed by atoms with Crippen LogP contribution in [0.1, 0.15) is 81.0 Å². The van der Waals surface area contributed by atoms with E-state index in [-0.39, 0.29) is 0 Å². The van der Waals surface area contributed by atoms with E-state index in [0.29, 0.717) is 17.8 Å². The molecule has 126 heavy (non-hydrogen) atoms. The second kappa shape index (κ2) is 27.7. The number of benzene rings is 18. The molecule has 0 radical (unpaired) electrons. The molecule has 0 saturated carbocycles. The van der Waals surface area contributed by atoms with Crippen LogP contribution in [0.5, 0.6) is 0 Å². The molecule has 0 aliphatic carbocycles. The fourth-order valence-corrected chi connectivity index (χ4v) is 22.1. The van der Waals surface area contributed by atoms with Crippen molar-refractivity contribution in [1.29, 1.82) is 0 Å². The number of rotatable bonds is 18. The predicted molar refractivity (Wildman–Crippen MR) is 535 cm³/mol. The molecule has 18 aromatic carbocycles. The van der Waals surface area contributed by atoms with E-state index < -0.39 is 0 Å². The van der Waals surface area contributed by atoms with Crippen LogP contribution in [0, 0.1) is 0 Å². The van der Waals surface area contributed by atoms with Gasteiger partial charge in [-0.1, -0.05) is 253 Å². The van der Waals surface area contributed by atoms with Gasteiger partial charge in [0.2, 0.25) is 0 Å². The van der Waals surface area contributed by atoms with Crippen LogP contribution in [0.15, 0.2) is 388 Å². The van der Waals surface area contributed by atoms with Crippen LogP contribution >= 0.6 is 0 Å². The quantitative estimate of drug-likeness (QED) is 0.0857. The molecule has 0 amide bonds. The van der Waals surface area contributed by atoms with E-state index in [1.165, 1.54) is 175 Å². The molecule has 0 fully saturated rings. The number of hydrogen-bond donors (Lipinski definition) is 0. The third kappa shape index (κ3) is 10.7. The van der Waals surface area contributed by atoms with Crippen molar-refractivity contribution in [3.8, 4) is 0 Å². The van der Waals surface area contributed by atoms with E-state index in [0.717, 1.165) is 81.1 Å². The Labute approximate surface area is 728 Å². The summed E-state index contributed by atoms with van der Waals surface area (Å²) in [7, 11) is 0. The lowest BCUT2D eigenvalue weighted by molar-refractivity contribution is 0.593. The molecule has 8 nitrogen and oxygen atoms in total. The highest BCUT2D eigenvalue weighted by Gasteiger charge is 2.30. The fourth-order valence-electron chi connectivity index (χ4n) is 22.1. The highest BCUT2D eigenvalue weighted by molar-refractivity contribution is 6.32. The van der Waals surface area contributed by atoms with E-state index >= 15 is 0 Å². The van der Waals surface area contributed by atoms with Gasteiger partial charge in [-0.3, -0.25) is 0 Å². The Balaban J connectivity index is 0.514. The molecule has 0 bridgehead atoms. The number of anilines is 12. The molecule has 0 saturated heterocycles. The second-order valence-electron chi connectivity index (χ2n) is 35.4. The lowest BCUT2D eigenvalue weighted by Gasteiger charge is -2.27. The van der Waals surface area contributed by atoms with Gasteiger partial charge in [0.05, 0.1) is 66.2 Å². The van der Waals surface area contributed by atoms with Crippen molar-refractivity contribution in [2.24, 2.45) is 0 Å². The summed E-state index contributed by atoms with van der Waals surface area (Å²) in [5.41, 5.74) is 33.5. The molecule has 0 N–H and O–H groups in total. The summed E-state index contributed by atoms with van der Waals surface area (Å²) in [5, 5.41) is 20.1. The van der Waals surface area contributed by atoms with Crippen molar-refractivity contribution in [2.45, 2.75) is 65.2 Å². The Kier molecular flexibility index (Phi) is 15.8. The summed E-state index contributed by atoms with van der Waals surface area (Å²) in [6, 6.07) is 146. The third-order valence-corrected chi connectivity index (χ3v) is 28.1. The van der Waals surface area contributed by atoms with Crippen molar-refractivity contribution in [3.05, 3.63) is 411 Å². The SMILES string of the molecule is CCc1ccc(N(c2ccccc2)c2ccc3c4cccc5c6cc7c(cc6n(c3c2)c45)c2cccc3c4ccc(N(c5ccccc5)c5ccc(C(C)CC(C)c6ccc(N(c8ccccc8)c8ccc9c%10cccc%11c%12cc%13c(cc%12n(c9c8)c%10%11)c8cccc9c%10ccc(N(c%11ccccc%11)c%11ccc(C(C)C)cc%11)cc%10n%13c98)cc6)cc5)cc4n7c32)cc1. The van der Waals surface area contributed by atoms with Crippen LogP contribution in [-0.2, 0) is 6.42 Å². The summed E-state index contributed by atoms with van der Waals surface area (Å²) in [6.07, 6.45) is 1.99. The van der Waals surface area contributed by atoms with Crippen LogP contribution in [0.4, 0.5) is 68.2 Å². The zero-order valence-electron chi connectivity index (χ0n) is 70.7. The zero-order valence-corrected chi connectivity index (χ0v) is 70.7. The molecule has 2 atom stereocenters. The first-order valence-corrected chi connectivity index (χ1v) is 44.6. The first kappa shape index (κ1) is 72.0. The molecule has 8 heterocycles. The predicted octanol–water partition coefficient (Wildman–Crippen LogP) is 33.1. The van der Waals surface area contributed by atoms with E-state index in [2.05, 4.69) is 460 Å². The molecule has 0 spiro atoms. The molecule has 598 valence electrons. The lowest BCUT2D eigenvalue weighted by Crippen LogP contribution is -2.10. The van der Waals surface area contributed by atoms with Gasteiger partial charge >= 0.3 is 0 Å². The maximum absolute atomic E-state index is 2.56. The Hall–Kier alpha value is -15.6. The van der Waals surface area contributed by atoms with Crippen LogP contribution < -0.4 is 19.6 Å². The Morgan fingerprint density at radius 1 is 0.190 bits per heavy atom. The van der Waals surface area contributed by atoms with Crippen molar-refractivity contribution < 1.29 is 0 Å². The highest BCUT2D eigenvalue weighted by atomic mass is 15.2. The van der Waals surface area contributed by atoms with Gasteiger partial charge in [0.1, 0.15) is 0 Å². The Bertz CT molecular complexity index is 8730. The molecule has 8 aromatic heterocycles. The van der Waals surface area contributed by atoms with Gasteiger partial charge in [0, 0.05) is 154 Å². The summed E-state index contributed by atoms with van der Waals surface area (Å²) in [4.78, 5) is 9.67. The molecule has 26 rings (SSSR count). The molecule has 2 unspecified atom stereocenters. The minimum Gasteiger partial charge on any atom is -0.310 e. The minimum atomic E-state index is 0.297. The average molecular weight is 1620 g/mol. The number of hydrogen-bond acceptors (Lipinski definition) is 4. The van der Waals surface area contributed by atoms with Crippen LogP contribution in [0.3, 0.4) is 0 Å². The van der Waals surface area contributed by atoms with E-state index in [9.17, 15) is 0 Å².